The zero-order valence-electron chi connectivity index (χ0n) is 20.4. The van der Waals surface area contributed by atoms with E-state index in [9.17, 15) is 0 Å². The Kier molecular flexibility index (Phi) is 5.60. The quantitative estimate of drug-likeness (QED) is 0.368. The highest BCUT2D eigenvalue weighted by molar-refractivity contribution is 6.74. The topological polar surface area (TPSA) is 31.0 Å². The molecule has 0 unspecified atom stereocenters. The Bertz CT molecular complexity index is 571. The molecular weight excluding hydrogens is 368 g/mol. The standard InChI is InChI=1S/C22H46O3Si2/c1-18(2,3)26(10,11)23-16-22-20(7,8)14-17(15-21(22,9)25-22)24-27(12,13)19(4,5)6/h17H,14-16H2,1-13H3/t17-,21-,22+/m0/s1. The molecule has 1 saturated carbocycles. The van der Waals surface area contributed by atoms with Crippen LogP contribution in [0.1, 0.15) is 75.2 Å². The summed E-state index contributed by atoms with van der Waals surface area (Å²) in [5.74, 6) is 0. The van der Waals surface area contributed by atoms with Gasteiger partial charge in [-0.05, 0) is 49.6 Å². The Balaban J connectivity index is 2.15. The van der Waals surface area contributed by atoms with E-state index in [1.807, 2.05) is 0 Å². The normalized spacial score (nSPS) is 34.3. The Labute approximate surface area is 171 Å². The van der Waals surface area contributed by atoms with Crippen LogP contribution in [0.2, 0.25) is 36.3 Å². The van der Waals surface area contributed by atoms with Crippen molar-refractivity contribution in [2.45, 2.75) is 129 Å². The molecule has 0 radical (unpaired) electrons. The van der Waals surface area contributed by atoms with E-state index in [1.54, 1.807) is 0 Å². The van der Waals surface area contributed by atoms with Gasteiger partial charge in [0.1, 0.15) is 11.2 Å². The van der Waals surface area contributed by atoms with Gasteiger partial charge < -0.3 is 13.6 Å². The molecule has 0 N–H and O–H groups in total. The summed E-state index contributed by atoms with van der Waals surface area (Å²) in [6.45, 7) is 31.0. The number of hydrogen-bond donors (Lipinski definition) is 0. The molecule has 2 aliphatic rings. The van der Waals surface area contributed by atoms with Crippen LogP contribution in [-0.2, 0) is 13.6 Å². The van der Waals surface area contributed by atoms with Crippen molar-refractivity contribution in [3.63, 3.8) is 0 Å². The van der Waals surface area contributed by atoms with Gasteiger partial charge in [0.2, 0.25) is 0 Å². The van der Waals surface area contributed by atoms with Crippen LogP contribution in [0.3, 0.4) is 0 Å². The Hall–Kier alpha value is 0.314. The van der Waals surface area contributed by atoms with E-state index in [-0.39, 0.29) is 32.8 Å². The summed E-state index contributed by atoms with van der Waals surface area (Å²) in [5, 5.41) is 0.462. The van der Waals surface area contributed by atoms with Gasteiger partial charge in [-0.25, -0.2) is 0 Å². The van der Waals surface area contributed by atoms with Crippen LogP contribution in [0.25, 0.3) is 0 Å². The van der Waals surface area contributed by atoms with Crippen molar-refractivity contribution in [1.82, 2.24) is 0 Å². The van der Waals surface area contributed by atoms with E-state index in [2.05, 4.69) is 88.5 Å². The Morgan fingerprint density at radius 2 is 1.33 bits per heavy atom. The van der Waals surface area contributed by atoms with Crippen LogP contribution in [0.4, 0.5) is 0 Å². The molecule has 0 aromatic carbocycles. The molecule has 27 heavy (non-hydrogen) atoms. The zero-order valence-corrected chi connectivity index (χ0v) is 22.4. The van der Waals surface area contributed by atoms with Gasteiger partial charge in [0, 0.05) is 17.9 Å². The largest absolute Gasteiger partial charge is 0.414 e. The number of ether oxygens (including phenoxy) is 1. The highest BCUT2D eigenvalue weighted by Gasteiger charge is 2.76. The van der Waals surface area contributed by atoms with Gasteiger partial charge in [0.25, 0.3) is 0 Å². The van der Waals surface area contributed by atoms with Crippen molar-refractivity contribution in [3.05, 3.63) is 0 Å². The highest BCUT2D eigenvalue weighted by Crippen LogP contribution is 2.66. The van der Waals surface area contributed by atoms with E-state index in [1.165, 1.54) is 0 Å². The molecule has 0 bridgehead atoms. The molecule has 0 amide bonds. The molecule has 0 aromatic rings. The maximum absolute atomic E-state index is 6.81. The van der Waals surface area contributed by atoms with E-state index in [0.717, 1.165) is 19.4 Å². The lowest BCUT2D eigenvalue weighted by Gasteiger charge is -2.47. The lowest BCUT2D eigenvalue weighted by atomic mass is 9.63. The van der Waals surface area contributed by atoms with Crippen molar-refractivity contribution < 1.29 is 13.6 Å². The van der Waals surface area contributed by atoms with Crippen LogP contribution < -0.4 is 0 Å². The first-order chi connectivity index (χ1) is 11.7. The molecule has 2 rings (SSSR count). The van der Waals surface area contributed by atoms with Gasteiger partial charge >= 0.3 is 0 Å². The van der Waals surface area contributed by atoms with Gasteiger partial charge in [0.15, 0.2) is 16.6 Å². The minimum Gasteiger partial charge on any atom is -0.414 e. The molecular formula is C22H46O3Si2. The third-order valence-electron chi connectivity index (χ3n) is 8.37. The second-order valence-electron chi connectivity index (χ2n) is 13.0. The predicted molar refractivity (Wildman–Crippen MR) is 120 cm³/mol. The predicted octanol–water partition coefficient (Wildman–Crippen LogP) is 6.75. The summed E-state index contributed by atoms with van der Waals surface area (Å²) in [6, 6.07) is 0. The SMILES string of the molecule is CC1(C)C[C@H](O[Si](C)(C)C(C)(C)C)C[C@]2(C)O[C@]12CO[Si](C)(C)C(C)(C)C. The smallest absolute Gasteiger partial charge is 0.192 e. The second kappa shape index (κ2) is 6.40. The maximum atomic E-state index is 6.81. The van der Waals surface area contributed by atoms with Crippen LogP contribution in [0, 0.1) is 5.41 Å². The van der Waals surface area contributed by atoms with Gasteiger partial charge in [0.05, 0.1) is 6.61 Å². The minimum absolute atomic E-state index is 0.0510. The monoisotopic (exact) mass is 414 g/mol. The summed E-state index contributed by atoms with van der Waals surface area (Å²) in [5.41, 5.74) is -0.234. The molecule has 160 valence electrons. The lowest BCUT2D eigenvalue weighted by molar-refractivity contribution is 0.0164. The van der Waals surface area contributed by atoms with Crippen molar-refractivity contribution in [2.75, 3.05) is 6.61 Å². The van der Waals surface area contributed by atoms with Crippen LogP contribution in [0.5, 0.6) is 0 Å². The van der Waals surface area contributed by atoms with Crippen LogP contribution in [-0.4, -0.2) is 40.5 Å². The van der Waals surface area contributed by atoms with Gasteiger partial charge in [-0.2, -0.15) is 0 Å². The van der Waals surface area contributed by atoms with Crippen molar-refractivity contribution in [3.8, 4) is 0 Å². The van der Waals surface area contributed by atoms with E-state index in [4.69, 9.17) is 13.6 Å². The molecule has 0 aromatic heterocycles. The van der Waals surface area contributed by atoms with Crippen molar-refractivity contribution in [1.29, 1.82) is 0 Å². The fourth-order valence-corrected chi connectivity index (χ4v) is 6.56. The molecule has 2 fully saturated rings. The zero-order chi connectivity index (χ0) is 21.3. The summed E-state index contributed by atoms with van der Waals surface area (Å²) in [7, 11) is -3.57. The molecule has 0 spiro atoms. The maximum Gasteiger partial charge on any atom is 0.192 e. The lowest BCUT2D eigenvalue weighted by Crippen LogP contribution is -2.55. The first-order valence-electron chi connectivity index (χ1n) is 10.7. The van der Waals surface area contributed by atoms with Crippen molar-refractivity contribution >= 4 is 16.6 Å². The average molecular weight is 415 g/mol. The third kappa shape index (κ3) is 4.01. The second-order valence-corrected chi connectivity index (χ2v) is 22.6. The highest BCUT2D eigenvalue weighted by atomic mass is 28.4. The van der Waals surface area contributed by atoms with Crippen LogP contribution in [0.15, 0.2) is 0 Å². The average Bonchev–Trinajstić information content (AvgIpc) is 3.00. The molecule has 1 heterocycles. The number of epoxide rings is 1. The summed E-state index contributed by atoms with van der Waals surface area (Å²) >= 11 is 0. The Morgan fingerprint density at radius 1 is 0.852 bits per heavy atom. The summed E-state index contributed by atoms with van der Waals surface area (Å²) in [4.78, 5) is 0. The minimum atomic E-state index is -1.79. The molecule has 3 nitrogen and oxygen atoms in total. The van der Waals surface area contributed by atoms with Crippen LogP contribution >= 0.6 is 0 Å². The summed E-state index contributed by atoms with van der Waals surface area (Å²) in [6.07, 6.45) is 2.33. The molecule has 3 atom stereocenters. The van der Waals surface area contributed by atoms with Gasteiger partial charge in [-0.15, -0.1) is 0 Å². The molecule has 5 heteroatoms. The third-order valence-corrected chi connectivity index (χ3v) is 17.4. The fraction of sp³-hybridized carbons (Fsp3) is 1.00. The summed E-state index contributed by atoms with van der Waals surface area (Å²) < 4.78 is 20.0. The fourth-order valence-electron chi connectivity index (χ4n) is 4.21. The first-order valence-corrected chi connectivity index (χ1v) is 16.5. The van der Waals surface area contributed by atoms with E-state index in [0.29, 0.717) is 0 Å². The molecule has 1 aliphatic heterocycles. The van der Waals surface area contributed by atoms with E-state index < -0.39 is 16.6 Å². The van der Waals surface area contributed by atoms with E-state index >= 15 is 0 Å². The number of fused-ring (bicyclic) bond motifs is 1. The van der Waals surface area contributed by atoms with Gasteiger partial charge in [-0.1, -0.05) is 55.4 Å². The Morgan fingerprint density at radius 3 is 1.74 bits per heavy atom. The number of rotatable bonds is 5. The molecule has 1 saturated heterocycles. The van der Waals surface area contributed by atoms with Gasteiger partial charge in [-0.3, -0.25) is 0 Å². The first kappa shape index (κ1) is 23.6. The number of hydrogen-bond acceptors (Lipinski definition) is 3. The molecule has 1 aliphatic carbocycles. The van der Waals surface area contributed by atoms with Crippen molar-refractivity contribution in [2.24, 2.45) is 5.41 Å².